The van der Waals surface area contributed by atoms with E-state index in [4.69, 9.17) is 21.1 Å². The van der Waals surface area contributed by atoms with Gasteiger partial charge in [0.15, 0.2) is 0 Å². The third-order valence-corrected chi connectivity index (χ3v) is 2.18. The van der Waals surface area contributed by atoms with Crippen molar-refractivity contribution in [1.29, 1.82) is 0 Å². The van der Waals surface area contributed by atoms with Gasteiger partial charge in [-0.05, 0) is 18.2 Å². The van der Waals surface area contributed by atoms with E-state index in [9.17, 15) is 4.79 Å². The Labute approximate surface area is 80.2 Å². The van der Waals surface area contributed by atoms with E-state index in [-0.39, 0.29) is 5.78 Å². The van der Waals surface area contributed by atoms with E-state index in [1.807, 2.05) is 0 Å². The number of carbonyl (C=O) groups excluding carboxylic acids is 1. The first-order chi connectivity index (χ1) is 6.22. The largest absolute Gasteiger partial charge is 0.497 e. The van der Waals surface area contributed by atoms with Crippen molar-refractivity contribution in [3.05, 3.63) is 23.8 Å². The minimum atomic E-state index is -0.887. The third-order valence-electron chi connectivity index (χ3n) is 1.89. The molecule has 0 aliphatic carbocycles. The molecular weight excluding hydrogens is 192 g/mol. The molecule has 68 valence electrons. The summed E-state index contributed by atoms with van der Waals surface area (Å²) in [7, 11) is 1.54. The third kappa shape index (κ3) is 1.25. The van der Waals surface area contributed by atoms with E-state index in [0.29, 0.717) is 17.1 Å². The molecule has 0 bridgehead atoms. The number of halogens is 1. The summed E-state index contributed by atoms with van der Waals surface area (Å²) < 4.78 is 10.1. The second kappa shape index (κ2) is 2.92. The summed E-state index contributed by atoms with van der Waals surface area (Å²) in [5.41, 5.74) is -0.401. The van der Waals surface area contributed by atoms with Crippen molar-refractivity contribution in [2.75, 3.05) is 7.11 Å². The zero-order chi connectivity index (χ0) is 9.42. The van der Waals surface area contributed by atoms with Gasteiger partial charge in [0.25, 0.3) is 0 Å². The zero-order valence-electron chi connectivity index (χ0n) is 6.91. The van der Waals surface area contributed by atoms with E-state index >= 15 is 0 Å². The van der Waals surface area contributed by atoms with Crippen LogP contribution in [-0.4, -0.2) is 18.5 Å². The second-order valence-corrected chi connectivity index (χ2v) is 3.06. The van der Waals surface area contributed by atoms with Gasteiger partial charge in [-0.2, -0.15) is 0 Å². The molecule has 0 saturated carbocycles. The molecule has 13 heavy (non-hydrogen) atoms. The summed E-state index contributed by atoms with van der Waals surface area (Å²) in [4.78, 5) is 11.4. The van der Waals surface area contributed by atoms with Gasteiger partial charge in [0.05, 0.1) is 12.7 Å². The van der Waals surface area contributed by atoms with Crippen LogP contribution in [0.4, 0.5) is 0 Å². The number of benzene rings is 1. The van der Waals surface area contributed by atoms with E-state index in [1.54, 1.807) is 25.3 Å². The number of ketones is 1. The minimum absolute atomic E-state index is 0.212. The summed E-state index contributed by atoms with van der Waals surface area (Å²) >= 11 is 5.61. The predicted molar refractivity (Wildman–Crippen MR) is 47.6 cm³/mol. The number of rotatable bonds is 1. The number of carbonyl (C=O) groups is 1. The first-order valence-corrected chi connectivity index (χ1v) is 4.19. The lowest BCUT2D eigenvalue weighted by Gasteiger charge is -2.00. The monoisotopic (exact) mass is 198 g/mol. The van der Waals surface area contributed by atoms with Gasteiger partial charge in [-0.25, -0.2) is 0 Å². The second-order valence-electron chi connectivity index (χ2n) is 2.66. The van der Waals surface area contributed by atoms with Crippen molar-refractivity contribution in [2.45, 2.75) is 5.56 Å². The predicted octanol–water partition coefficient (Wildman–Crippen LogP) is 1.84. The summed E-state index contributed by atoms with van der Waals surface area (Å²) in [5.74, 6) is 0.933. The van der Waals surface area contributed by atoms with Crippen LogP contribution in [0.5, 0.6) is 11.5 Å². The van der Waals surface area contributed by atoms with Gasteiger partial charge in [-0.1, -0.05) is 11.6 Å². The van der Waals surface area contributed by atoms with Crippen molar-refractivity contribution in [2.24, 2.45) is 0 Å². The van der Waals surface area contributed by atoms with Crippen LogP contribution in [0.2, 0.25) is 0 Å². The maximum Gasteiger partial charge on any atom is 0.235 e. The van der Waals surface area contributed by atoms with Crippen molar-refractivity contribution in [1.82, 2.24) is 0 Å². The standard InChI is InChI=1S/C9H7ClO3/c1-12-5-2-3-7-6(4-5)8(11)9(10)13-7/h2-4,9H,1H3. The quantitative estimate of drug-likeness (QED) is 0.646. The van der Waals surface area contributed by atoms with Gasteiger partial charge in [-0.15, -0.1) is 0 Å². The van der Waals surface area contributed by atoms with Gasteiger partial charge in [0, 0.05) is 0 Å². The van der Waals surface area contributed by atoms with Crippen LogP contribution in [0.25, 0.3) is 0 Å². The highest BCUT2D eigenvalue weighted by molar-refractivity contribution is 6.34. The van der Waals surface area contributed by atoms with Crippen molar-refractivity contribution >= 4 is 17.4 Å². The first-order valence-electron chi connectivity index (χ1n) is 3.75. The van der Waals surface area contributed by atoms with Crippen molar-refractivity contribution < 1.29 is 14.3 Å². The molecule has 1 atom stereocenters. The van der Waals surface area contributed by atoms with E-state index in [1.165, 1.54) is 0 Å². The Hall–Kier alpha value is -1.22. The molecule has 1 unspecified atom stereocenters. The fourth-order valence-corrected chi connectivity index (χ4v) is 1.43. The Bertz CT molecular complexity index is 362. The highest BCUT2D eigenvalue weighted by Gasteiger charge is 2.30. The maximum absolute atomic E-state index is 11.4. The number of hydrogen-bond donors (Lipinski definition) is 0. The summed E-state index contributed by atoms with van der Waals surface area (Å²) in [6.07, 6.45) is 0. The number of hydrogen-bond acceptors (Lipinski definition) is 3. The average molecular weight is 199 g/mol. The van der Waals surface area contributed by atoms with Gasteiger partial charge >= 0.3 is 0 Å². The number of ether oxygens (including phenoxy) is 2. The number of fused-ring (bicyclic) bond motifs is 1. The molecule has 0 N–H and O–H groups in total. The molecule has 0 fully saturated rings. The molecular formula is C9H7ClO3. The lowest BCUT2D eigenvalue weighted by atomic mass is 10.1. The minimum Gasteiger partial charge on any atom is -0.497 e. The Balaban J connectivity index is 2.48. The topological polar surface area (TPSA) is 35.5 Å². The van der Waals surface area contributed by atoms with E-state index in [0.717, 1.165) is 0 Å². The van der Waals surface area contributed by atoms with Crippen LogP contribution < -0.4 is 9.47 Å². The Kier molecular flexibility index (Phi) is 1.88. The zero-order valence-corrected chi connectivity index (χ0v) is 7.67. The van der Waals surface area contributed by atoms with Crippen molar-refractivity contribution in [3.63, 3.8) is 0 Å². The molecule has 0 radical (unpaired) electrons. The molecule has 4 heteroatoms. The van der Waals surface area contributed by atoms with Crippen molar-refractivity contribution in [3.8, 4) is 11.5 Å². The Morgan fingerprint density at radius 3 is 3.00 bits per heavy atom. The van der Waals surface area contributed by atoms with E-state index < -0.39 is 5.56 Å². The molecule has 1 aromatic rings. The average Bonchev–Trinajstić information content (AvgIpc) is 2.43. The SMILES string of the molecule is COc1ccc2c(c1)C(=O)C(Cl)O2. The number of Topliss-reactive ketones (excluding diaryl/α,β-unsaturated/α-hetero) is 1. The lowest BCUT2D eigenvalue weighted by Crippen LogP contribution is -2.11. The molecule has 1 heterocycles. The van der Waals surface area contributed by atoms with Gasteiger partial charge in [0.2, 0.25) is 11.3 Å². The fraction of sp³-hybridized carbons (Fsp3) is 0.222. The molecule has 1 aromatic carbocycles. The maximum atomic E-state index is 11.4. The first kappa shape index (κ1) is 8.38. The van der Waals surface area contributed by atoms with Crippen LogP contribution in [0, 0.1) is 0 Å². The fourth-order valence-electron chi connectivity index (χ4n) is 1.22. The molecule has 1 aliphatic heterocycles. The van der Waals surface area contributed by atoms with Gasteiger partial charge < -0.3 is 9.47 Å². The molecule has 2 rings (SSSR count). The van der Waals surface area contributed by atoms with Crippen LogP contribution in [0.3, 0.4) is 0 Å². The van der Waals surface area contributed by atoms with E-state index in [2.05, 4.69) is 0 Å². The van der Waals surface area contributed by atoms with Crippen LogP contribution in [0.15, 0.2) is 18.2 Å². The molecule has 0 spiro atoms. The molecule has 0 saturated heterocycles. The summed E-state index contributed by atoms with van der Waals surface area (Å²) in [6, 6.07) is 5.02. The lowest BCUT2D eigenvalue weighted by molar-refractivity contribution is 0.0932. The molecule has 0 aromatic heterocycles. The molecule has 3 nitrogen and oxygen atoms in total. The summed E-state index contributed by atoms with van der Waals surface area (Å²) in [6.45, 7) is 0. The Morgan fingerprint density at radius 1 is 1.54 bits per heavy atom. The molecule has 0 amide bonds. The van der Waals surface area contributed by atoms with Crippen LogP contribution >= 0.6 is 11.6 Å². The summed E-state index contributed by atoms with van der Waals surface area (Å²) in [5, 5.41) is 0. The smallest absolute Gasteiger partial charge is 0.235 e. The number of alkyl halides is 1. The number of methoxy groups -OCH3 is 1. The van der Waals surface area contributed by atoms with Gasteiger partial charge in [-0.3, -0.25) is 4.79 Å². The van der Waals surface area contributed by atoms with Gasteiger partial charge in [0.1, 0.15) is 11.5 Å². The highest BCUT2D eigenvalue weighted by atomic mass is 35.5. The van der Waals surface area contributed by atoms with Crippen LogP contribution in [0.1, 0.15) is 10.4 Å². The Morgan fingerprint density at radius 2 is 2.31 bits per heavy atom. The molecule has 1 aliphatic rings. The normalized spacial score (nSPS) is 19.5. The van der Waals surface area contributed by atoms with Crippen LogP contribution in [-0.2, 0) is 0 Å². The highest BCUT2D eigenvalue weighted by Crippen LogP contribution is 2.32.